The molecule has 2 aliphatic heterocycles. The Labute approximate surface area is 198 Å². The summed E-state index contributed by atoms with van der Waals surface area (Å²) in [5, 5.41) is 3.74. The number of likely N-dealkylation sites (tertiary alicyclic amines) is 1. The van der Waals surface area contributed by atoms with E-state index in [9.17, 15) is 18.8 Å². The largest absolute Gasteiger partial charge is 0.350 e. The zero-order valence-electron chi connectivity index (χ0n) is 19.2. The van der Waals surface area contributed by atoms with Crippen molar-refractivity contribution in [3.63, 3.8) is 0 Å². The highest BCUT2D eigenvalue weighted by Gasteiger charge is 2.43. The second kappa shape index (κ2) is 11.7. The van der Waals surface area contributed by atoms with E-state index in [2.05, 4.69) is 15.3 Å². The first-order valence-electron chi connectivity index (χ1n) is 12.0. The molecule has 1 saturated carbocycles. The van der Waals surface area contributed by atoms with Gasteiger partial charge in [0.25, 0.3) is 0 Å². The summed E-state index contributed by atoms with van der Waals surface area (Å²) in [5.74, 6) is -0.844. The number of hydroxylamine groups is 2. The van der Waals surface area contributed by atoms with Crippen LogP contribution in [-0.4, -0.2) is 76.4 Å². The number of halogens is 1. The van der Waals surface area contributed by atoms with Crippen molar-refractivity contribution >= 4 is 24.0 Å². The van der Waals surface area contributed by atoms with Crippen molar-refractivity contribution in [2.45, 2.75) is 69.9 Å². The maximum Gasteiger partial charge on any atom is 0.248 e. The molecule has 1 N–H and O–H groups in total. The van der Waals surface area contributed by atoms with Crippen LogP contribution in [0.4, 0.5) is 10.2 Å². The number of nitrogens with zero attached hydrogens (tertiary/aromatic N) is 4. The van der Waals surface area contributed by atoms with Crippen molar-refractivity contribution < 1.29 is 28.3 Å². The van der Waals surface area contributed by atoms with Crippen molar-refractivity contribution in [3.05, 3.63) is 18.6 Å². The standard InChI is InChI=1S/C23H32FN5O5/c24-18-11-19(22(31)27-20-12-25-7-8-26-20)29(14-18)23(32)17(10-16-4-3-5-16)13-28(15-30)34-21-6-1-2-9-33-21/h7-8,12,15-19,21H,1-6,9-11,13-14H2,(H,26,27,31)/t17-,18-,19+,21?/m1/s1. The van der Waals surface area contributed by atoms with Gasteiger partial charge in [-0.3, -0.25) is 19.4 Å². The number of carbonyl (C=O) groups is 3. The van der Waals surface area contributed by atoms with Gasteiger partial charge >= 0.3 is 0 Å². The first-order valence-corrected chi connectivity index (χ1v) is 12.0. The van der Waals surface area contributed by atoms with Gasteiger partial charge in [-0.1, -0.05) is 19.3 Å². The molecular weight excluding hydrogens is 445 g/mol. The molecule has 0 bridgehead atoms. The Kier molecular flexibility index (Phi) is 8.39. The highest BCUT2D eigenvalue weighted by atomic mass is 19.1. The highest BCUT2D eigenvalue weighted by Crippen LogP contribution is 2.34. The lowest BCUT2D eigenvalue weighted by Crippen LogP contribution is -2.49. The van der Waals surface area contributed by atoms with Gasteiger partial charge in [0, 0.05) is 31.8 Å². The third-order valence-electron chi connectivity index (χ3n) is 6.75. The monoisotopic (exact) mass is 477 g/mol. The molecule has 3 amide bonds. The van der Waals surface area contributed by atoms with Gasteiger partial charge in [-0.15, -0.1) is 0 Å². The number of hydrogen-bond donors (Lipinski definition) is 1. The van der Waals surface area contributed by atoms with Crippen molar-refractivity contribution in [3.8, 4) is 0 Å². The number of amides is 3. The van der Waals surface area contributed by atoms with E-state index in [1.54, 1.807) is 0 Å². The van der Waals surface area contributed by atoms with Crippen LogP contribution in [-0.2, 0) is 24.0 Å². The maximum absolute atomic E-state index is 14.4. The average molecular weight is 478 g/mol. The number of ether oxygens (including phenoxy) is 1. The van der Waals surface area contributed by atoms with E-state index in [1.807, 2.05) is 0 Å². The number of rotatable bonds is 10. The fourth-order valence-corrected chi connectivity index (χ4v) is 4.74. The van der Waals surface area contributed by atoms with E-state index in [4.69, 9.17) is 9.57 Å². The molecule has 1 aromatic rings. The van der Waals surface area contributed by atoms with Crippen molar-refractivity contribution in [1.82, 2.24) is 19.9 Å². The minimum Gasteiger partial charge on any atom is -0.350 e. The number of hydrogen-bond acceptors (Lipinski definition) is 7. The third kappa shape index (κ3) is 6.26. The second-order valence-electron chi connectivity index (χ2n) is 9.26. The van der Waals surface area contributed by atoms with Crippen molar-refractivity contribution in [2.24, 2.45) is 11.8 Å². The molecule has 3 fully saturated rings. The third-order valence-corrected chi connectivity index (χ3v) is 6.75. The summed E-state index contributed by atoms with van der Waals surface area (Å²) in [6, 6.07) is -0.958. The molecule has 0 radical (unpaired) electrons. The summed E-state index contributed by atoms with van der Waals surface area (Å²) in [7, 11) is 0. The van der Waals surface area contributed by atoms with Gasteiger partial charge in [0.05, 0.1) is 25.2 Å². The molecule has 2 saturated heterocycles. The number of carbonyl (C=O) groups excluding carboxylic acids is 3. The minimum atomic E-state index is -1.31. The van der Waals surface area contributed by atoms with Crippen LogP contribution in [0.2, 0.25) is 0 Å². The predicted octanol–water partition coefficient (Wildman–Crippen LogP) is 2.08. The molecule has 186 valence electrons. The highest BCUT2D eigenvalue weighted by molar-refractivity contribution is 5.97. The Balaban J connectivity index is 1.44. The normalized spacial score (nSPS) is 25.9. The van der Waals surface area contributed by atoms with E-state index in [0.717, 1.165) is 37.2 Å². The van der Waals surface area contributed by atoms with E-state index in [0.29, 0.717) is 31.8 Å². The SMILES string of the molecule is O=CN(C[C@@H](CC1CCC1)C(=O)N1C[C@H](F)C[C@H]1C(=O)Nc1cnccn1)OC1CCCCO1. The Hall–Kier alpha value is -2.66. The summed E-state index contributed by atoms with van der Waals surface area (Å²) in [6.07, 6.45) is 9.19. The smallest absolute Gasteiger partial charge is 0.248 e. The minimum absolute atomic E-state index is 0.0324. The van der Waals surface area contributed by atoms with Crippen LogP contribution in [0.1, 0.15) is 51.4 Å². The first-order chi connectivity index (χ1) is 16.5. The molecule has 4 rings (SSSR count). The zero-order chi connectivity index (χ0) is 23.9. The van der Waals surface area contributed by atoms with Crippen LogP contribution >= 0.6 is 0 Å². The van der Waals surface area contributed by atoms with Crippen LogP contribution in [0.25, 0.3) is 0 Å². The molecule has 3 heterocycles. The Morgan fingerprint density at radius 2 is 2.15 bits per heavy atom. The fraction of sp³-hybridized carbons (Fsp3) is 0.696. The topological polar surface area (TPSA) is 114 Å². The lowest BCUT2D eigenvalue weighted by molar-refractivity contribution is -0.276. The summed E-state index contributed by atoms with van der Waals surface area (Å²) in [4.78, 5) is 53.1. The van der Waals surface area contributed by atoms with Gasteiger partial charge in [-0.05, 0) is 25.2 Å². The summed E-state index contributed by atoms with van der Waals surface area (Å²) >= 11 is 0. The summed E-state index contributed by atoms with van der Waals surface area (Å²) in [6.45, 7) is 0.437. The lowest BCUT2D eigenvalue weighted by atomic mass is 9.78. The molecule has 1 aromatic heterocycles. The second-order valence-corrected chi connectivity index (χ2v) is 9.26. The molecule has 1 unspecified atom stereocenters. The first kappa shape index (κ1) is 24.5. The van der Waals surface area contributed by atoms with E-state index < -0.39 is 30.3 Å². The Bertz CT molecular complexity index is 836. The Morgan fingerprint density at radius 3 is 2.79 bits per heavy atom. The van der Waals surface area contributed by atoms with Gasteiger partial charge in [0.1, 0.15) is 12.2 Å². The van der Waals surface area contributed by atoms with Gasteiger partial charge in [-0.2, -0.15) is 0 Å². The van der Waals surface area contributed by atoms with Gasteiger partial charge < -0.3 is 15.0 Å². The maximum atomic E-state index is 14.4. The number of anilines is 1. The van der Waals surface area contributed by atoms with E-state index in [-0.39, 0.29) is 31.2 Å². The quantitative estimate of drug-likeness (QED) is 0.405. The van der Waals surface area contributed by atoms with Gasteiger partial charge in [-0.25, -0.2) is 19.3 Å². The number of aromatic nitrogens is 2. The Morgan fingerprint density at radius 1 is 1.29 bits per heavy atom. The van der Waals surface area contributed by atoms with Crippen LogP contribution in [0.3, 0.4) is 0 Å². The zero-order valence-corrected chi connectivity index (χ0v) is 19.2. The van der Waals surface area contributed by atoms with Crippen molar-refractivity contribution in [2.75, 3.05) is 25.0 Å². The molecule has 11 heteroatoms. The molecule has 3 aliphatic rings. The summed E-state index contributed by atoms with van der Waals surface area (Å²) < 4.78 is 20.0. The molecule has 0 spiro atoms. The fourth-order valence-electron chi connectivity index (χ4n) is 4.74. The van der Waals surface area contributed by atoms with E-state index >= 15 is 0 Å². The predicted molar refractivity (Wildman–Crippen MR) is 119 cm³/mol. The van der Waals surface area contributed by atoms with Crippen LogP contribution < -0.4 is 5.32 Å². The summed E-state index contributed by atoms with van der Waals surface area (Å²) in [5.41, 5.74) is 0. The van der Waals surface area contributed by atoms with Crippen molar-refractivity contribution in [1.29, 1.82) is 0 Å². The van der Waals surface area contributed by atoms with Gasteiger partial charge in [0.15, 0.2) is 12.1 Å². The molecule has 4 atom stereocenters. The molecule has 0 aromatic carbocycles. The van der Waals surface area contributed by atoms with E-state index in [1.165, 1.54) is 23.5 Å². The van der Waals surface area contributed by atoms with Crippen LogP contribution in [0, 0.1) is 11.8 Å². The van der Waals surface area contributed by atoms with Crippen LogP contribution in [0.15, 0.2) is 18.6 Å². The molecule has 10 nitrogen and oxygen atoms in total. The molecule has 34 heavy (non-hydrogen) atoms. The number of nitrogens with one attached hydrogen (secondary N) is 1. The van der Waals surface area contributed by atoms with Crippen LogP contribution in [0.5, 0.6) is 0 Å². The average Bonchev–Trinajstić information content (AvgIpc) is 3.22. The molecular formula is C23H32FN5O5. The molecule has 1 aliphatic carbocycles. The number of alkyl halides is 1. The van der Waals surface area contributed by atoms with Gasteiger partial charge in [0.2, 0.25) is 18.2 Å². The lowest BCUT2D eigenvalue weighted by Gasteiger charge is -2.35.